The van der Waals surface area contributed by atoms with Gasteiger partial charge in [0.25, 0.3) is 0 Å². The van der Waals surface area contributed by atoms with Crippen molar-refractivity contribution in [3.8, 4) is 0 Å². The van der Waals surface area contributed by atoms with Crippen molar-refractivity contribution in [3.05, 3.63) is 134 Å². The molecule has 0 heterocycles. The molecule has 0 aliphatic carbocycles. The lowest BCUT2D eigenvalue weighted by atomic mass is 10.0. The van der Waals surface area contributed by atoms with Crippen molar-refractivity contribution in [1.82, 2.24) is 0 Å². The van der Waals surface area contributed by atoms with Gasteiger partial charge in [0, 0.05) is 19.3 Å². The molecule has 0 rings (SSSR count). The summed E-state index contributed by atoms with van der Waals surface area (Å²) in [6, 6.07) is 0. The number of carbonyl (C=O) groups is 3. The summed E-state index contributed by atoms with van der Waals surface area (Å²) < 4.78 is 17.0. The Morgan fingerprint density at radius 1 is 0.253 bits per heavy atom. The van der Waals surface area contributed by atoms with E-state index >= 15 is 0 Å². The van der Waals surface area contributed by atoms with Crippen LogP contribution in [0, 0.1) is 0 Å². The summed E-state index contributed by atoms with van der Waals surface area (Å²) in [7, 11) is 0. The second-order valence-electron chi connectivity index (χ2n) is 22.7. The molecule has 0 aliphatic rings. The number of carbonyl (C=O) groups excluding carboxylic acids is 3. The van der Waals surface area contributed by atoms with Crippen LogP contribution in [0.5, 0.6) is 0 Å². The van der Waals surface area contributed by atoms with Crippen molar-refractivity contribution < 1.29 is 28.6 Å². The molecule has 6 nitrogen and oxygen atoms in total. The summed E-state index contributed by atoms with van der Waals surface area (Å²) in [6.07, 6.45) is 98.9. The molecule has 0 spiro atoms. The van der Waals surface area contributed by atoms with Gasteiger partial charge >= 0.3 is 17.9 Å². The smallest absolute Gasteiger partial charge is 0.306 e. The van der Waals surface area contributed by atoms with E-state index in [0.717, 1.165) is 128 Å². The number of allylic oxidation sites excluding steroid dienone is 22. The predicted octanol–water partition coefficient (Wildman–Crippen LogP) is 24.1. The number of hydrogen-bond donors (Lipinski definition) is 0. The summed E-state index contributed by atoms with van der Waals surface area (Å²) in [5.41, 5.74) is 0. The van der Waals surface area contributed by atoms with E-state index in [4.69, 9.17) is 14.2 Å². The third-order valence-electron chi connectivity index (χ3n) is 14.6. The summed E-state index contributed by atoms with van der Waals surface area (Å²) in [5, 5.41) is 0. The topological polar surface area (TPSA) is 78.9 Å². The summed E-state index contributed by atoms with van der Waals surface area (Å²) >= 11 is 0. The lowest BCUT2D eigenvalue weighted by Crippen LogP contribution is -2.30. The van der Waals surface area contributed by atoms with Crippen LogP contribution in [-0.4, -0.2) is 37.2 Å². The van der Waals surface area contributed by atoms with Gasteiger partial charge in [-0.2, -0.15) is 0 Å². The highest BCUT2D eigenvalue weighted by molar-refractivity contribution is 5.71. The SMILES string of the molecule is CC/C=C\C/C=C\C/C=C\C/C=C\C/C=C\CCCCCC(=O)OCC(COC(=O)CCCCCCCCCCCCCC/C=C\C/C=C\C/C=C\C/C=C\CC)OC(=O)CCCCCCCCCCC/C=C\C/C=C\CCCCCCC. The molecule has 0 saturated heterocycles. The van der Waals surface area contributed by atoms with Crippen LogP contribution in [0.25, 0.3) is 0 Å². The normalized spacial score (nSPS) is 13.0. The molecule has 6 heteroatoms. The Morgan fingerprint density at radius 3 is 0.747 bits per heavy atom. The van der Waals surface area contributed by atoms with Gasteiger partial charge in [-0.1, -0.05) is 296 Å². The van der Waals surface area contributed by atoms with Gasteiger partial charge in [-0.05, 0) is 135 Å². The lowest BCUT2D eigenvalue weighted by Gasteiger charge is -2.18. The number of rotatable bonds is 62. The molecule has 0 aliphatic heterocycles. The van der Waals surface area contributed by atoms with E-state index in [1.165, 1.54) is 148 Å². The fourth-order valence-electron chi connectivity index (χ4n) is 9.49. The molecular weight excluding hydrogens is 1020 g/mol. The van der Waals surface area contributed by atoms with Crippen LogP contribution in [0.4, 0.5) is 0 Å². The number of hydrogen-bond acceptors (Lipinski definition) is 6. The molecule has 0 saturated carbocycles. The number of esters is 3. The van der Waals surface area contributed by atoms with Gasteiger partial charge in [0.1, 0.15) is 13.2 Å². The monoisotopic (exact) mass is 1150 g/mol. The Hall–Kier alpha value is -4.45. The minimum atomic E-state index is -0.802. The van der Waals surface area contributed by atoms with Crippen molar-refractivity contribution in [2.24, 2.45) is 0 Å². The van der Waals surface area contributed by atoms with Crippen molar-refractivity contribution in [1.29, 1.82) is 0 Å². The molecular formula is C77H128O6. The average Bonchev–Trinajstić information content (AvgIpc) is 3.49. The molecule has 0 N–H and O–H groups in total. The fourth-order valence-corrected chi connectivity index (χ4v) is 9.49. The minimum absolute atomic E-state index is 0.0939. The fraction of sp³-hybridized carbons (Fsp3) is 0.675. The first-order chi connectivity index (χ1) is 41.0. The molecule has 472 valence electrons. The zero-order chi connectivity index (χ0) is 59.9. The van der Waals surface area contributed by atoms with Crippen molar-refractivity contribution in [2.45, 2.75) is 322 Å². The Labute approximate surface area is 513 Å². The zero-order valence-corrected chi connectivity index (χ0v) is 54.2. The summed E-state index contributed by atoms with van der Waals surface area (Å²) in [4.78, 5) is 38.5. The van der Waals surface area contributed by atoms with Gasteiger partial charge in [-0.3, -0.25) is 14.4 Å². The second-order valence-corrected chi connectivity index (χ2v) is 22.7. The van der Waals surface area contributed by atoms with Gasteiger partial charge in [0.05, 0.1) is 0 Å². The third kappa shape index (κ3) is 68.2. The van der Waals surface area contributed by atoms with Crippen LogP contribution in [-0.2, 0) is 28.6 Å². The average molecular weight is 1150 g/mol. The van der Waals surface area contributed by atoms with Crippen molar-refractivity contribution in [2.75, 3.05) is 13.2 Å². The van der Waals surface area contributed by atoms with Gasteiger partial charge < -0.3 is 14.2 Å². The maximum absolute atomic E-state index is 13.0. The highest BCUT2D eigenvalue weighted by Gasteiger charge is 2.19. The van der Waals surface area contributed by atoms with Crippen LogP contribution in [0.2, 0.25) is 0 Å². The molecule has 0 fully saturated rings. The quantitative estimate of drug-likeness (QED) is 0.0261. The standard InChI is InChI=1S/C77H128O6/c1-4-7-10-13-16-19-22-25-28-31-34-36-37-38-39-41-43-46-49-52-55-58-61-64-67-70-76(79)82-73-74(72-81-75(78)69-66-63-60-57-54-51-48-45-42-33-30-27-24-21-18-15-12-9-6-3)83-77(80)71-68-65-62-59-56-53-50-47-44-40-35-32-29-26-23-20-17-14-11-8-5-2/h7,9-10,12,16,18-19,21,23,25-28,30,32,34-36,42,45,51,54,74H,4-6,8,11,13-15,17,20,22,24,29,31,33,37-41,43-44,46-50,52-53,55-73H2,1-3H3/b10-7-,12-9-,19-16-,21-18-,26-23-,28-25-,30-27-,35-32-,36-34-,45-42-,54-51-. The molecule has 0 aromatic rings. The second kappa shape index (κ2) is 70.0. The number of unbranched alkanes of at least 4 members (excludes halogenated alkanes) is 29. The Morgan fingerprint density at radius 2 is 0.470 bits per heavy atom. The zero-order valence-electron chi connectivity index (χ0n) is 54.2. The van der Waals surface area contributed by atoms with Gasteiger partial charge in [0.2, 0.25) is 0 Å². The largest absolute Gasteiger partial charge is 0.462 e. The van der Waals surface area contributed by atoms with E-state index in [1.807, 2.05) is 0 Å². The molecule has 1 unspecified atom stereocenters. The third-order valence-corrected chi connectivity index (χ3v) is 14.6. The first kappa shape index (κ1) is 78.5. The molecule has 0 radical (unpaired) electrons. The molecule has 0 aromatic carbocycles. The van der Waals surface area contributed by atoms with Crippen LogP contribution < -0.4 is 0 Å². The highest BCUT2D eigenvalue weighted by atomic mass is 16.6. The van der Waals surface area contributed by atoms with E-state index in [-0.39, 0.29) is 31.1 Å². The minimum Gasteiger partial charge on any atom is -0.462 e. The van der Waals surface area contributed by atoms with Crippen molar-refractivity contribution >= 4 is 17.9 Å². The lowest BCUT2D eigenvalue weighted by molar-refractivity contribution is -0.167. The van der Waals surface area contributed by atoms with Crippen LogP contribution in [0.1, 0.15) is 316 Å². The van der Waals surface area contributed by atoms with E-state index in [2.05, 4.69) is 154 Å². The first-order valence-electron chi connectivity index (χ1n) is 34.7. The van der Waals surface area contributed by atoms with Gasteiger partial charge in [0.15, 0.2) is 6.10 Å². The van der Waals surface area contributed by atoms with Crippen LogP contribution in [0.3, 0.4) is 0 Å². The summed E-state index contributed by atoms with van der Waals surface area (Å²) in [6.45, 7) is 6.40. The van der Waals surface area contributed by atoms with E-state index < -0.39 is 6.10 Å². The maximum atomic E-state index is 13.0. The molecule has 0 aromatic heterocycles. The van der Waals surface area contributed by atoms with E-state index in [9.17, 15) is 14.4 Å². The molecule has 0 amide bonds. The highest BCUT2D eigenvalue weighted by Crippen LogP contribution is 2.16. The molecule has 83 heavy (non-hydrogen) atoms. The Balaban J connectivity index is 4.43. The molecule has 0 bridgehead atoms. The summed E-state index contributed by atoms with van der Waals surface area (Å²) in [5.74, 6) is -0.925. The maximum Gasteiger partial charge on any atom is 0.306 e. The first-order valence-corrected chi connectivity index (χ1v) is 34.7. The Bertz CT molecular complexity index is 1750. The van der Waals surface area contributed by atoms with E-state index in [1.54, 1.807) is 0 Å². The molecule has 1 atom stereocenters. The van der Waals surface area contributed by atoms with Crippen molar-refractivity contribution in [3.63, 3.8) is 0 Å². The van der Waals surface area contributed by atoms with Crippen LogP contribution in [0.15, 0.2) is 134 Å². The van der Waals surface area contributed by atoms with E-state index in [0.29, 0.717) is 19.3 Å². The predicted molar refractivity (Wildman–Crippen MR) is 362 cm³/mol. The Kier molecular flexibility index (Phi) is 66.3. The van der Waals surface area contributed by atoms with Gasteiger partial charge in [-0.25, -0.2) is 0 Å². The number of ether oxygens (including phenoxy) is 3. The van der Waals surface area contributed by atoms with Gasteiger partial charge in [-0.15, -0.1) is 0 Å². The van der Waals surface area contributed by atoms with Crippen LogP contribution >= 0.6 is 0 Å².